The van der Waals surface area contributed by atoms with Gasteiger partial charge in [-0.1, -0.05) is 42.5 Å². The zero-order chi connectivity index (χ0) is 14.7. The molecule has 3 rings (SSSR count). The lowest BCUT2D eigenvalue weighted by atomic mass is 10.1. The molecule has 2 aromatic carbocycles. The van der Waals surface area contributed by atoms with E-state index in [1.54, 1.807) is 30.5 Å². The van der Waals surface area contributed by atoms with Gasteiger partial charge in [0.25, 0.3) is 10.0 Å². The van der Waals surface area contributed by atoms with Gasteiger partial charge >= 0.3 is 0 Å². The summed E-state index contributed by atoms with van der Waals surface area (Å²) in [6.07, 6.45) is 3.02. The van der Waals surface area contributed by atoms with Crippen LogP contribution >= 0.6 is 0 Å². The average molecular weight is 296 g/mol. The van der Waals surface area contributed by atoms with Crippen LogP contribution in [0.25, 0.3) is 10.9 Å². The second-order valence-corrected chi connectivity index (χ2v) is 6.08. The molecule has 0 aliphatic rings. The minimum atomic E-state index is -3.69. The van der Waals surface area contributed by atoms with Crippen LogP contribution in [0, 0.1) is 0 Å². The molecule has 3 aromatic rings. The summed E-state index contributed by atoms with van der Waals surface area (Å²) in [7, 11) is -3.69. The number of para-hydroxylation sites is 1. The summed E-state index contributed by atoms with van der Waals surface area (Å²) in [6, 6.07) is 17.5. The molecule has 5 heteroatoms. The van der Waals surface area contributed by atoms with E-state index in [9.17, 15) is 8.42 Å². The van der Waals surface area contributed by atoms with Crippen molar-refractivity contribution in [3.8, 4) is 0 Å². The van der Waals surface area contributed by atoms with Crippen LogP contribution < -0.4 is 0 Å². The Morgan fingerprint density at radius 2 is 1.67 bits per heavy atom. The third kappa shape index (κ3) is 2.83. The van der Waals surface area contributed by atoms with E-state index >= 15 is 0 Å². The summed E-state index contributed by atoms with van der Waals surface area (Å²) in [5, 5.41) is 0.943. The van der Waals surface area contributed by atoms with Gasteiger partial charge in [0, 0.05) is 23.4 Å². The second kappa shape index (κ2) is 5.46. The molecular formula is C16H12N2O2S. The number of benzene rings is 2. The first-order valence-electron chi connectivity index (χ1n) is 6.36. The Labute approximate surface area is 122 Å². The fourth-order valence-electron chi connectivity index (χ4n) is 2.01. The number of nitrogens with zero attached hydrogens (tertiary/aromatic N) is 2. The van der Waals surface area contributed by atoms with Crippen molar-refractivity contribution in [2.45, 2.75) is 4.90 Å². The third-order valence-electron chi connectivity index (χ3n) is 3.04. The number of aromatic nitrogens is 1. The molecule has 0 fully saturated rings. The lowest BCUT2D eigenvalue weighted by molar-refractivity contribution is 0.598. The number of pyridine rings is 1. The first-order chi connectivity index (χ1) is 10.2. The summed E-state index contributed by atoms with van der Waals surface area (Å²) in [5.74, 6) is 0. The Kier molecular flexibility index (Phi) is 3.50. The molecule has 0 aliphatic carbocycles. The molecule has 1 heterocycles. The lowest BCUT2D eigenvalue weighted by Gasteiger charge is -2.01. The molecule has 1 aromatic heterocycles. The first-order valence-corrected chi connectivity index (χ1v) is 7.80. The molecule has 0 radical (unpaired) electrons. The summed E-state index contributed by atoms with van der Waals surface area (Å²) >= 11 is 0. The van der Waals surface area contributed by atoms with E-state index in [2.05, 4.69) is 9.38 Å². The van der Waals surface area contributed by atoms with Gasteiger partial charge in [0.05, 0.1) is 10.4 Å². The van der Waals surface area contributed by atoms with Crippen LogP contribution in [-0.2, 0) is 10.0 Å². The number of sulfonamides is 1. The fourth-order valence-corrected chi connectivity index (χ4v) is 2.89. The lowest BCUT2D eigenvalue weighted by Crippen LogP contribution is -1.98. The van der Waals surface area contributed by atoms with E-state index in [0.29, 0.717) is 5.56 Å². The van der Waals surface area contributed by atoms with Crippen LogP contribution in [0.5, 0.6) is 0 Å². The SMILES string of the molecule is O=S(=O)(N=Cc1cccc2cccnc12)c1ccccc1. The van der Waals surface area contributed by atoms with Gasteiger partial charge in [-0.05, 0) is 18.2 Å². The van der Waals surface area contributed by atoms with Gasteiger partial charge in [0.2, 0.25) is 0 Å². The number of rotatable bonds is 3. The standard InChI is InChI=1S/C16H12N2O2S/c19-21(20,15-9-2-1-3-10-15)18-12-14-7-4-6-13-8-5-11-17-16(13)14/h1-12H. The number of hydrogen-bond acceptors (Lipinski definition) is 3. The van der Waals surface area contributed by atoms with Crippen LogP contribution in [0.1, 0.15) is 5.56 Å². The minimum absolute atomic E-state index is 0.175. The number of fused-ring (bicyclic) bond motifs is 1. The molecule has 0 bridgehead atoms. The van der Waals surface area contributed by atoms with E-state index in [1.807, 2.05) is 24.3 Å². The monoisotopic (exact) mass is 296 g/mol. The molecule has 104 valence electrons. The van der Waals surface area contributed by atoms with Gasteiger partial charge in [0.15, 0.2) is 0 Å². The summed E-state index contributed by atoms with van der Waals surface area (Å²) in [6.45, 7) is 0. The van der Waals surface area contributed by atoms with Crippen molar-refractivity contribution in [1.82, 2.24) is 4.98 Å². The smallest absolute Gasteiger partial charge is 0.256 e. The van der Waals surface area contributed by atoms with Crippen LogP contribution in [0.3, 0.4) is 0 Å². The van der Waals surface area contributed by atoms with Gasteiger partial charge in [-0.15, -0.1) is 0 Å². The fraction of sp³-hybridized carbons (Fsp3) is 0. The number of hydrogen-bond donors (Lipinski definition) is 0. The molecule has 0 amide bonds. The van der Waals surface area contributed by atoms with Crippen molar-refractivity contribution < 1.29 is 8.42 Å². The summed E-state index contributed by atoms with van der Waals surface area (Å²) < 4.78 is 28.0. The molecular weight excluding hydrogens is 284 g/mol. The first kappa shape index (κ1) is 13.5. The Morgan fingerprint density at radius 3 is 2.48 bits per heavy atom. The topological polar surface area (TPSA) is 59.4 Å². The molecule has 0 aliphatic heterocycles. The van der Waals surface area contributed by atoms with Crippen molar-refractivity contribution in [3.63, 3.8) is 0 Å². The van der Waals surface area contributed by atoms with Gasteiger partial charge in [0.1, 0.15) is 0 Å². The molecule has 0 saturated carbocycles. The van der Waals surface area contributed by atoms with E-state index in [-0.39, 0.29) is 4.90 Å². The van der Waals surface area contributed by atoms with Crippen molar-refractivity contribution in [1.29, 1.82) is 0 Å². The van der Waals surface area contributed by atoms with Gasteiger partial charge in [-0.25, -0.2) is 0 Å². The maximum absolute atomic E-state index is 12.1. The highest BCUT2D eigenvalue weighted by Crippen LogP contribution is 2.16. The molecule has 21 heavy (non-hydrogen) atoms. The predicted octanol–water partition coefficient (Wildman–Crippen LogP) is 3.04. The predicted molar refractivity (Wildman–Crippen MR) is 83.0 cm³/mol. The molecule has 0 saturated heterocycles. The highest BCUT2D eigenvalue weighted by atomic mass is 32.2. The Bertz CT molecular complexity index is 898. The molecule has 0 spiro atoms. The summed E-state index contributed by atoms with van der Waals surface area (Å²) in [4.78, 5) is 4.44. The van der Waals surface area contributed by atoms with Crippen molar-refractivity contribution in [3.05, 3.63) is 72.4 Å². The largest absolute Gasteiger partial charge is 0.282 e. The van der Waals surface area contributed by atoms with E-state index in [0.717, 1.165) is 10.9 Å². The maximum atomic E-state index is 12.1. The van der Waals surface area contributed by atoms with Crippen molar-refractivity contribution in [2.75, 3.05) is 0 Å². The molecule has 4 nitrogen and oxygen atoms in total. The molecule has 0 N–H and O–H groups in total. The zero-order valence-electron chi connectivity index (χ0n) is 11.0. The van der Waals surface area contributed by atoms with Crippen LogP contribution in [0.4, 0.5) is 0 Å². The van der Waals surface area contributed by atoms with Crippen molar-refractivity contribution in [2.24, 2.45) is 4.40 Å². The summed E-state index contributed by atoms with van der Waals surface area (Å²) in [5.41, 5.74) is 1.40. The average Bonchev–Trinajstić information content (AvgIpc) is 2.54. The minimum Gasteiger partial charge on any atom is -0.256 e. The maximum Gasteiger partial charge on any atom is 0.282 e. The van der Waals surface area contributed by atoms with Gasteiger partial charge in [-0.3, -0.25) is 4.98 Å². The van der Waals surface area contributed by atoms with Gasteiger partial charge < -0.3 is 0 Å². The highest BCUT2D eigenvalue weighted by Gasteiger charge is 2.10. The van der Waals surface area contributed by atoms with Gasteiger partial charge in [-0.2, -0.15) is 12.8 Å². The van der Waals surface area contributed by atoms with E-state index < -0.39 is 10.0 Å². The second-order valence-electron chi connectivity index (χ2n) is 4.44. The normalized spacial score (nSPS) is 12.0. The van der Waals surface area contributed by atoms with Crippen molar-refractivity contribution >= 4 is 27.1 Å². The van der Waals surface area contributed by atoms with Crippen LogP contribution in [-0.4, -0.2) is 19.6 Å². The Morgan fingerprint density at radius 1 is 0.905 bits per heavy atom. The Hall–Kier alpha value is -2.53. The van der Waals surface area contributed by atoms with Crippen LogP contribution in [0.15, 0.2) is 76.2 Å². The molecule has 0 unspecified atom stereocenters. The third-order valence-corrected chi connectivity index (χ3v) is 4.29. The quantitative estimate of drug-likeness (QED) is 0.698. The van der Waals surface area contributed by atoms with Crippen LogP contribution in [0.2, 0.25) is 0 Å². The van der Waals surface area contributed by atoms with E-state index in [4.69, 9.17) is 0 Å². The highest BCUT2D eigenvalue weighted by molar-refractivity contribution is 7.90. The molecule has 0 atom stereocenters. The van der Waals surface area contributed by atoms with E-state index in [1.165, 1.54) is 18.3 Å². The Balaban J connectivity index is 2.03. The zero-order valence-corrected chi connectivity index (χ0v) is 11.9.